The van der Waals surface area contributed by atoms with Gasteiger partial charge >= 0.3 is 5.97 Å². The molecule has 1 aliphatic rings. The van der Waals surface area contributed by atoms with Crippen molar-refractivity contribution in [2.75, 3.05) is 26.2 Å². The Kier molecular flexibility index (Phi) is 18.2. The topological polar surface area (TPSA) is 326 Å². The fourth-order valence-corrected chi connectivity index (χ4v) is 4.87. The zero-order valence-corrected chi connectivity index (χ0v) is 27.7. The predicted molar refractivity (Wildman–Crippen MR) is 179 cm³/mol. The van der Waals surface area contributed by atoms with Gasteiger partial charge < -0.3 is 63.3 Å². The van der Waals surface area contributed by atoms with Crippen LogP contribution in [0.2, 0.25) is 0 Å². The smallest absolute Gasteiger partial charge is 0.305 e. The SMILES string of the molecule is NC(N)=NCCC[C@@H](NC(=O)[C@@H](CCCCNC1OC1CCO)NC(=O)C(Cc1ccc(O)cc1)NC(=O)C(N)CC(=O)O)C(=O)NCC=O. The van der Waals surface area contributed by atoms with Gasteiger partial charge in [-0.1, -0.05) is 12.1 Å². The summed E-state index contributed by atoms with van der Waals surface area (Å²) in [6.45, 7) is 0.382. The summed E-state index contributed by atoms with van der Waals surface area (Å²) in [5, 5.41) is 41.1. The summed E-state index contributed by atoms with van der Waals surface area (Å²) in [5.74, 6) is -4.56. The summed E-state index contributed by atoms with van der Waals surface area (Å²) in [6, 6.07) is 0.716. The van der Waals surface area contributed by atoms with Gasteiger partial charge in [0.1, 0.15) is 42.5 Å². The van der Waals surface area contributed by atoms with Crippen molar-refractivity contribution in [3.8, 4) is 5.75 Å². The molecule has 50 heavy (non-hydrogen) atoms. The monoisotopic (exact) mass is 707 g/mol. The van der Waals surface area contributed by atoms with Gasteiger partial charge in [-0.05, 0) is 56.3 Å². The molecule has 0 radical (unpaired) electrons. The van der Waals surface area contributed by atoms with Crippen molar-refractivity contribution >= 4 is 41.8 Å². The lowest BCUT2D eigenvalue weighted by atomic mass is 10.0. The van der Waals surface area contributed by atoms with Gasteiger partial charge in [0.2, 0.25) is 23.6 Å². The number of unbranched alkanes of at least 4 members (excludes halogenated alkanes) is 1. The quantitative estimate of drug-likeness (QED) is 0.0154. The number of aromatic hydroxyl groups is 1. The number of carbonyl (C=O) groups excluding carboxylic acids is 5. The summed E-state index contributed by atoms with van der Waals surface area (Å²) < 4.78 is 5.41. The molecule has 14 N–H and O–H groups in total. The third-order valence-electron chi connectivity index (χ3n) is 7.57. The maximum Gasteiger partial charge on any atom is 0.305 e. The van der Waals surface area contributed by atoms with Gasteiger partial charge in [0.25, 0.3) is 0 Å². The Balaban J connectivity index is 2.24. The number of hydrogen-bond donors (Lipinski definition) is 11. The lowest BCUT2D eigenvalue weighted by molar-refractivity contribution is -0.140. The van der Waals surface area contributed by atoms with E-state index in [-0.39, 0.29) is 69.4 Å². The van der Waals surface area contributed by atoms with Crippen molar-refractivity contribution in [2.24, 2.45) is 22.2 Å². The van der Waals surface area contributed by atoms with Gasteiger partial charge in [-0.15, -0.1) is 0 Å². The van der Waals surface area contributed by atoms with Gasteiger partial charge in [0.05, 0.1) is 19.0 Å². The zero-order valence-electron chi connectivity index (χ0n) is 27.7. The second-order valence-electron chi connectivity index (χ2n) is 11.7. The molecular formula is C31H49N9O10. The second kappa shape index (κ2) is 22.0. The molecule has 1 aromatic rings. The number of guanidine groups is 1. The van der Waals surface area contributed by atoms with E-state index in [1.807, 2.05) is 0 Å². The maximum absolute atomic E-state index is 13.7. The highest BCUT2D eigenvalue weighted by Gasteiger charge is 2.37. The van der Waals surface area contributed by atoms with E-state index in [9.17, 15) is 33.9 Å². The number of ether oxygens (including phenoxy) is 1. The van der Waals surface area contributed by atoms with Gasteiger partial charge in [0.15, 0.2) is 5.96 Å². The fourth-order valence-electron chi connectivity index (χ4n) is 4.87. The Morgan fingerprint density at radius 1 is 0.900 bits per heavy atom. The number of aliphatic hydroxyl groups is 1. The molecule has 4 amide bonds. The molecule has 19 nitrogen and oxygen atoms in total. The number of hydrogen-bond acceptors (Lipinski definition) is 12. The van der Waals surface area contributed by atoms with Gasteiger partial charge in [-0.3, -0.25) is 34.3 Å². The number of carboxylic acid groups (broad SMARTS) is 1. The summed E-state index contributed by atoms with van der Waals surface area (Å²) in [4.78, 5) is 78.9. The number of benzene rings is 1. The van der Waals surface area contributed by atoms with Crippen molar-refractivity contribution in [2.45, 2.75) is 87.9 Å². The highest BCUT2D eigenvalue weighted by molar-refractivity contribution is 5.95. The van der Waals surface area contributed by atoms with Crippen molar-refractivity contribution in [3.05, 3.63) is 29.8 Å². The Bertz CT molecular complexity index is 1310. The Morgan fingerprint density at radius 2 is 1.52 bits per heavy atom. The maximum atomic E-state index is 13.7. The van der Waals surface area contributed by atoms with Gasteiger partial charge in [-0.25, -0.2) is 0 Å². The minimum absolute atomic E-state index is 0.00146. The van der Waals surface area contributed by atoms with E-state index in [4.69, 9.17) is 32.2 Å². The van der Waals surface area contributed by atoms with Crippen molar-refractivity contribution < 1.29 is 48.8 Å². The molecule has 1 heterocycles. The van der Waals surface area contributed by atoms with Crippen LogP contribution in [0.1, 0.15) is 50.5 Å². The molecule has 0 bridgehead atoms. The number of amides is 4. The minimum Gasteiger partial charge on any atom is -0.508 e. The van der Waals surface area contributed by atoms with Gasteiger partial charge in [-0.2, -0.15) is 0 Å². The molecule has 1 aromatic carbocycles. The van der Waals surface area contributed by atoms with E-state index < -0.39 is 60.2 Å². The number of rotatable bonds is 25. The molecule has 6 atom stereocenters. The number of aliphatic carboxylic acids is 1. The number of nitrogens with one attached hydrogen (secondary N) is 5. The van der Waals surface area contributed by atoms with E-state index in [0.717, 1.165) is 0 Å². The average molecular weight is 708 g/mol. The number of aliphatic imine (C=N–C) groups is 1. The van der Waals surface area contributed by atoms with E-state index in [1.54, 1.807) is 0 Å². The second-order valence-corrected chi connectivity index (χ2v) is 11.7. The highest BCUT2D eigenvalue weighted by Crippen LogP contribution is 2.22. The molecule has 4 unspecified atom stereocenters. The fraction of sp³-hybridized carbons (Fsp3) is 0.581. The number of epoxide rings is 1. The number of nitrogens with two attached hydrogens (primary N) is 3. The van der Waals surface area contributed by atoms with Crippen LogP contribution in [0.15, 0.2) is 29.3 Å². The Morgan fingerprint density at radius 3 is 2.14 bits per heavy atom. The van der Waals surface area contributed by atoms with Crippen LogP contribution in [0.4, 0.5) is 0 Å². The average Bonchev–Trinajstić information content (AvgIpc) is 3.81. The van der Waals surface area contributed by atoms with Crippen LogP contribution < -0.4 is 43.8 Å². The van der Waals surface area contributed by atoms with Crippen LogP contribution in [0, 0.1) is 0 Å². The largest absolute Gasteiger partial charge is 0.508 e. The zero-order chi connectivity index (χ0) is 37.1. The molecule has 278 valence electrons. The molecule has 0 saturated carbocycles. The van der Waals surface area contributed by atoms with Crippen LogP contribution >= 0.6 is 0 Å². The molecule has 1 aliphatic heterocycles. The van der Waals surface area contributed by atoms with Crippen molar-refractivity contribution in [1.29, 1.82) is 0 Å². The minimum atomic E-state index is -1.47. The molecule has 1 fully saturated rings. The Labute approximate surface area is 289 Å². The normalized spacial score (nSPS) is 17.2. The highest BCUT2D eigenvalue weighted by atomic mass is 16.6. The Hall–Kier alpha value is -4.85. The van der Waals surface area contributed by atoms with E-state index >= 15 is 0 Å². The van der Waals surface area contributed by atoms with Crippen molar-refractivity contribution in [1.82, 2.24) is 26.6 Å². The number of aliphatic hydroxyl groups excluding tert-OH is 1. The van der Waals surface area contributed by atoms with Gasteiger partial charge in [0, 0.05) is 26.0 Å². The lowest BCUT2D eigenvalue weighted by Gasteiger charge is -2.26. The lowest BCUT2D eigenvalue weighted by Crippen LogP contribution is -2.58. The number of phenols is 1. The number of carboxylic acids is 1. The molecule has 19 heteroatoms. The molecule has 0 spiro atoms. The van der Waals surface area contributed by atoms with E-state index in [2.05, 4.69) is 31.6 Å². The van der Waals surface area contributed by atoms with Crippen LogP contribution in [-0.2, 0) is 39.9 Å². The third kappa shape index (κ3) is 16.0. The predicted octanol–water partition coefficient (Wildman–Crippen LogP) is -3.57. The summed E-state index contributed by atoms with van der Waals surface area (Å²) in [6.07, 6.45) is 1.42. The van der Waals surface area contributed by atoms with Crippen LogP contribution in [-0.4, -0.2) is 120 Å². The standard InChI is InChI=1S/C31H49N9O10/c32-20(17-25(44)45)26(46)40-23(16-18-6-8-19(43)9-7-18)29(49)39-22(4-1-2-11-36-30-24(50-30)10-14-41)28(48)38-21(27(47)35-13-15-42)5-3-12-37-31(33)34/h6-9,15,20-24,30,36,41,43H,1-5,10-14,16-17,32H2,(H,35,47)(H,38,48)(H,39,49)(H,40,46)(H,44,45)(H4,33,34,37)/t20?,21-,22-,23?,24?,30?/m1/s1. The molecule has 1 saturated heterocycles. The van der Waals surface area contributed by atoms with E-state index in [1.165, 1.54) is 24.3 Å². The summed E-state index contributed by atoms with van der Waals surface area (Å²) in [7, 11) is 0. The van der Waals surface area contributed by atoms with E-state index in [0.29, 0.717) is 37.7 Å². The first-order valence-corrected chi connectivity index (χ1v) is 16.3. The van der Waals surface area contributed by atoms with Crippen LogP contribution in [0.3, 0.4) is 0 Å². The molecule has 2 rings (SSSR count). The summed E-state index contributed by atoms with van der Waals surface area (Å²) >= 11 is 0. The first-order valence-electron chi connectivity index (χ1n) is 16.3. The molecular weight excluding hydrogens is 658 g/mol. The number of aldehydes is 1. The van der Waals surface area contributed by atoms with Crippen LogP contribution in [0.5, 0.6) is 5.75 Å². The molecule has 0 aliphatic carbocycles. The number of nitrogens with zero attached hydrogens (tertiary/aromatic N) is 1. The number of carbonyl (C=O) groups is 6. The third-order valence-corrected chi connectivity index (χ3v) is 7.57. The first kappa shape index (κ1) is 41.3. The first-order chi connectivity index (χ1) is 23.8. The molecule has 0 aromatic heterocycles. The van der Waals surface area contributed by atoms with Crippen LogP contribution in [0.25, 0.3) is 0 Å². The van der Waals surface area contributed by atoms with Crippen molar-refractivity contribution in [3.63, 3.8) is 0 Å². The summed E-state index contributed by atoms with van der Waals surface area (Å²) in [5.41, 5.74) is 17.0. The number of phenolic OH excluding ortho intramolecular Hbond substituents is 1.